The summed E-state index contributed by atoms with van der Waals surface area (Å²) in [5, 5.41) is 16.1. The van der Waals surface area contributed by atoms with Gasteiger partial charge in [0.1, 0.15) is 11.5 Å². The highest BCUT2D eigenvalue weighted by Gasteiger charge is 2.13. The first-order valence-electron chi connectivity index (χ1n) is 9.16. The number of aliphatic hydroxyl groups excluding tert-OH is 1. The maximum absolute atomic E-state index is 11.4. The number of hydrogen-bond donors (Lipinski definition) is 2. The summed E-state index contributed by atoms with van der Waals surface area (Å²) in [4.78, 5) is 26.4. The van der Waals surface area contributed by atoms with E-state index in [9.17, 15) is 9.90 Å². The lowest BCUT2D eigenvalue weighted by Crippen LogP contribution is -2.11. The monoisotopic (exact) mass is 406 g/mol. The molecule has 3 aromatic heterocycles. The Labute approximate surface area is 173 Å². The van der Waals surface area contributed by atoms with Crippen molar-refractivity contribution in [2.45, 2.75) is 6.92 Å². The van der Waals surface area contributed by atoms with E-state index in [0.29, 0.717) is 46.6 Å². The first-order valence-corrected chi connectivity index (χ1v) is 9.16. The van der Waals surface area contributed by atoms with Crippen LogP contribution in [0.4, 0.5) is 5.95 Å². The Morgan fingerprint density at radius 3 is 2.60 bits per heavy atom. The summed E-state index contributed by atoms with van der Waals surface area (Å²) in [7, 11) is 3.82. The standard InChI is InChI=1S/C21H22N6O3/c1-14(29)12-23-21-22-9-7-18(25-21)16-5-4-6-17(24-16)19-11-20(30-26-19)15(13-28)8-10-27(2)3/h4-9,11-13,29H,10H2,1-3H3,(H,22,23,25)/b14-12-,15-8+. The molecule has 3 aromatic rings. The molecule has 30 heavy (non-hydrogen) atoms. The number of rotatable bonds is 8. The van der Waals surface area contributed by atoms with Gasteiger partial charge < -0.3 is 19.8 Å². The third kappa shape index (κ3) is 5.36. The molecule has 3 rings (SSSR count). The maximum Gasteiger partial charge on any atom is 0.227 e. The van der Waals surface area contributed by atoms with Crippen molar-refractivity contribution < 1.29 is 14.4 Å². The van der Waals surface area contributed by atoms with E-state index >= 15 is 0 Å². The van der Waals surface area contributed by atoms with Gasteiger partial charge in [-0.3, -0.25) is 4.79 Å². The third-order valence-corrected chi connectivity index (χ3v) is 3.94. The fourth-order valence-corrected chi connectivity index (χ4v) is 2.48. The van der Waals surface area contributed by atoms with Crippen LogP contribution in [0.2, 0.25) is 0 Å². The molecule has 3 heterocycles. The van der Waals surface area contributed by atoms with Crippen molar-refractivity contribution in [3.8, 4) is 22.8 Å². The molecule has 0 saturated carbocycles. The molecule has 0 aromatic carbocycles. The van der Waals surface area contributed by atoms with Gasteiger partial charge in [-0.15, -0.1) is 0 Å². The van der Waals surface area contributed by atoms with E-state index in [2.05, 4.69) is 25.4 Å². The van der Waals surface area contributed by atoms with Crippen LogP contribution < -0.4 is 5.32 Å². The molecule has 0 atom stereocenters. The number of nitrogens with one attached hydrogen (secondary N) is 1. The van der Waals surface area contributed by atoms with Gasteiger partial charge in [-0.1, -0.05) is 17.3 Å². The number of aldehydes is 1. The van der Waals surface area contributed by atoms with Crippen LogP contribution in [0.3, 0.4) is 0 Å². The number of carbonyl (C=O) groups is 1. The van der Waals surface area contributed by atoms with Crippen LogP contribution >= 0.6 is 0 Å². The smallest absolute Gasteiger partial charge is 0.227 e. The van der Waals surface area contributed by atoms with Crippen LogP contribution in [0.15, 0.2) is 59.1 Å². The number of anilines is 1. The molecule has 0 bridgehead atoms. The van der Waals surface area contributed by atoms with Crippen molar-refractivity contribution in [2.24, 2.45) is 0 Å². The van der Waals surface area contributed by atoms with E-state index in [1.807, 2.05) is 31.1 Å². The molecule has 0 aliphatic heterocycles. The van der Waals surface area contributed by atoms with Gasteiger partial charge in [0.15, 0.2) is 12.0 Å². The number of nitrogens with zero attached hydrogens (tertiary/aromatic N) is 5. The molecular weight excluding hydrogens is 384 g/mol. The van der Waals surface area contributed by atoms with E-state index < -0.39 is 0 Å². The number of likely N-dealkylation sites (N-methyl/N-ethyl adjacent to an activating group) is 1. The van der Waals surface area contributed by atoms with E-state index in [-0.39, 0.29) is 5.76 Å². The molecule has 0 saturated heterocycles. The largest absolute Gasteiger partial charge is 0.511 e. The van der Waals surface area contributed by atoms with Crippen molar-refractivity contribution in [2.75, 3.05) is 26.0 Å². The molecule has 154 valence electrons. The Balaban J connectivity index is 1.87. The zero-order valence-electron chi connectivity index (χ0n) is 16.9. The summed E-state index contributed by atoms with van der Waals surface area (Å²) in [5.74, 6) is 0.826. The molecule has 9 heteroatoms. The summed E-state index contributed by atoms with van der Waals surface area (Å²) >= 11 is 0. The summed E-state index contributed by atoms with van der Waals surface area (Å²) in [6.45, 7) is 2.15. The Kier molecular flexibility index (Phi) is 6.66. The van der Waals surface area contributed by atoms with Gasteiger partial charge in [0.05, 0.1) is 22.7 Å². The van der Waals surface area contributed by atoms with Gasteiger partial charge in [0.25, 0.3) is 0 Å². The Hall–Kier alpha value is -3.85. The van der Waals surface area contributed by atoms with E-state index in [1.54, 1.807) is 37.4 Å². The molecule has 0 aliphatic carbocycles. The molecule has 0 amide bonds. The molecular formula is C21H22N6O3. The van der Waals surface area contributed by atoms with Crippen LogP contribution in [0.1, 0.15) is 12.7 Å². The van der Waals surface area contributed by atoms with Crippen molar-refractivity contribution in [1.29, 1.82) is 0 Å². The van der Waals surface area contributed by atoms with E-state index in [4.69, 9.17) is 4.52 Å². The minimum Gasteiger partial charge on any atom is -0.511 e. The van der Waals surface area contributed by atoms with Crippen LogP contribution in [0.5, 0.6) is 0 Å². The van der Waals surface area contributed by atoms with Gasteiger partial charge in [-0.2, -0.15) is 0 Å². The highest BCUT2D eigenvalue weighted by Crippen LogP contribution is 2.24. The van der Waals surface area contributed by atoms with Crippen LogP contribution in [0, 0.1) is 0 Å². The highest BCUT2D eigenvalue weighted by molar-refractivity contribution is 6.05. The zero-order chi connectivity index (χ0) is 21.5. The van der Waals surface area contributed by atoms with Gasteiger partial charge in [-0.25, -0.2) is 15.0 Å². The molecule has 0 unspecified atom stereocenters. The van der Waals surface area contributed by atoms with Crippen molar-refractivity contribution in [3.05, 3.63) is 60.3 Å². The molecule has 2 N–H and O–H groups in total. The number of pyridine rings is 1. The first kappa shape index (κ1) is 20.9. The first-order chi connectivity index (χ1) is 14.5. The van der Waals surface area contributed by atoms with Crippen molar-refractivity contribution in [3.63, 3.8) is 0 Å². The molecule has 0 fully saturated rings. The summed E-state index contributed by atoms with van der Waals surface area (Å²) in [6, 6.07) is 8.87. The normalized spacial score (nSPS) is 12.3. The van der Waals surface area contributed by atoms with Crippen molar-refractivity contribution >= 4 is 17.8 Å². The summed E-state index contributed by atoms with van der Waals surface area (Å²) < 4.78 is 5.35. The minimum atomic E-state index is 0.111. The topological polar surface area (TPSA) is 117 Å². The number of aliphatic hydroxyl groups is 1. The van der Waals surface area contributed by atoms with Gasteiger partial charge in [0.2, 0.25) is 5.95 Å². The lowest BCUT2D eigenvalue weighted by Gasteiger charge is -2.04. The average molecular weight is 406 g/mol. The molecule has 9 nitrogen and oxygen atoms in total. The fourth-order valence-electron chi connectivity index (χ4n) is 2.48. The average Bonchev–Trinajstić information content (AvgIpc) is 3.23. The number of aromatic nitrogens is 4. The Morgan fingerprint density at radius 1 is 1.17 bits per heavy atom. The number of allylic oxidation sites excluding steroid dienone is 2. The molecule has 0 spiro atoms. The van der Waals surface area contributed by atoms with E-state index in [0.717, 1.165) is 6.29 Å². The second-order valence-corrected chi connectivity index (χ2v) is 6.72. The quantitative estimate of drug-likeness (QED) is 0.330. The van der Waals surface area contributed by atoms with Gasteiger partial charge >= 0.3 is 0 Å². The molecule has 0 radical (unpaired) electrons. The van der Waals surface area contributed by atoms with Crippen LogP contribution in [-0.2, 0) is 4.79 Å². The van der Waals surface area contributed by atoms with Gasteiger partial charge in [0, 0.05) is 25.0 Å². The SMILES string of the molecule is C/C(O)=C/Nc1nccc(-c2cccc(-c3cc(/C(C=O)=C/CN(C)C)on3)n2)n1. The minimum absolute atomic E-state index is 0.111. The van der Waals surface area contributed by atoms with Crippen molar-refractivity contribution in [1.82, 2.24) is 25.0 Å². The van der Waals surface area contributed by atoms with Crippen LogP contribution in [0.25, 0.3) is 28.3 Å². The predicted octanol–water partition coefficient (Wildman–Crippen LogP) is 3.17. The number of hydrogen-bond acceptors (Lipinski definition) is 9. The lowest BCUT2D eigenvalue weighted by molar-refractivity contribution is -0.103. The Morgan fingerprint density at radius 2 is 1.90 bits per heavy atom. The van der Waals surface area contributed by atoms with Gasteiger partial charge in [-0.05, 0) is 39.2 Å². The third-order valence-electron chi connectivity index (χ3n) is 3.94. The highest BCUT2D eigenvalue weighted by atomic mass is 16.5. The Bertz CT molecular complexity index is 1080. The van der Waals surface area contributed by atoms with E-state index in [1.165, 1.54) is 6.20 Å². The second-order valence-electron chi connectivity index (χ2n) is 6.72. The summed E-state index contributed by atoms with van der Waals surface area (Å²) in [6.07, 6.45) is 5.52. The predicted molar refractivity (Wildman–Crippen MR) is 113 cm³/mol. The molecule has 0 aliphatic rings. The second kappa shape index (κ2) is 9.57. The van der Waals surface area contributed by atoms with Crippen LogP contribution in [-0.4, -0.2) is 57.0 Å². The zero-order valence-corrected chi connectivity index (χ0v) is 16.9. The lowest BCUT2D eigenvalue weighted by atomic mass is 10.1. The summed E-state index contributed by atoms with van der Waals surface area (Å²) in [5.41, 5.74) is 2.74. The number of carbonyl (C=O) groups excluding carboxylic acids is 1. The maximum atomic E-state index is 11.4. The fraction of sp³-hybridized carbons (Fsp3) is 0.190.